The van der Waals surface area contributed by atoms with E-state index in [1.165, 1.54) is 0 Å². The highest BCUT2D eigenvalue weighted by molar-refractivity contribution is 5.68. The van der Waals surface area contributed by atoms with Crippen LogP contribution >= 0.6 is 0 Å². The van der Waals surface area contributed by atoms with Gasteiger partial charge in [-0.05, 0) is 33.7 Å². The van der Waals surface area contributed by atoms with Crippen LogP contribution in [0, 0.1) is 0 Å². The second-order valence-electron chi connectivity index (χ2n) is 4.81. The van der Waals surface area contributed by atoms with Crippen LogP contribution in [0.4, 0.5) is 4.79 Å². The highest BCUT2D eigenvalue weighted by atomic mass is 16.6. The number of hydrogen-bond acceptors (Lipinski definition) is 4. The lowest BCUT2D eigenvalue weighted by Crippen LogP contribution is -2.54. The van der Waals surface area contributed by atoms with E-state index in [9.17, 15) is 9.90 Å². The van der Waals surface area contributed by atoms with Gasteiger partial charge in [-0.1, -0.05) is 0 Å². The summed E-state index contributed by atoms with van der Waals surface area (Å²) >= 11 is 0. The second kappa shape index (κ2) is 4.81. The van der Waals surface area contributed by atoms with Gasteiger partial charge in [-0.2, -0.15) is 0 Å². The van der Waals surface area contributed by atoms with Gasteiger partial charge >= 0.3 is 6.09 Å². The average molecular weight is 216 g/mol. The predicted molar refractivity (Wildman–Crippen MR) is 56.7 cm³/mol. The minimum Gasteiger partial charge on any atom is -0.444 e. The van der Waals surface area contributed by atoms with E-state index in [2.05, 4.69) is 10.6 Å². The van der Waals surface area contributed by atoms with E-state index >= 15 is 0 Å². The second-order valence-corrected chi connectivity index (χ2v) is 4.81. The molecule has 0 aromatic rings. The summed E-state index contributed by atoms with van der Waals surface area (Å²) in [6.07, 6.45) is -0.311. The summed E-state index contributed by atoms with van der Waals surface area (Å²) in [6, 6.07) is -0.256. The molecule has 1 aliphatic heterocycles. The quantitative estimate of drug-likeness (QED) is 0.587. The Labute approximate surface area is 90.2 Å². The number of alkyl carbamates (subject to hydrolysis) is 1. The number of rotatable bonds is 1. The van der Waals surface area contributed by atoms with Gasteiger partial charge in [0, 0.05) is 6.54 Å². The zero-order valence-electron chi connectivity index (χ0n) is 9.54. The maximum absolute atomic E-state index is 11.4. The number of ether oxygens (including phenoxy) is 1. The SMILES string of the molecule is CC(C)(C)OC(=O)N[C@@H]1CNCC[C@H]1O. The summed E-state index contributed by atoms with van der Waals surface area (Å²) in [5, 5.41) is 15.4. The first-order chi connectivity index (χ1) is 6.88. The molecule has 0 aromatic carbocycles. The van der Waals surface area contributed by atoms with Gasteiger partial charge < -0.3 is 20.5 Å². The summed E-state index contributed by atoms with van der Waals surface area (Å²) in [4.78, 5) is 11.4. The molecule has 3 N–H and O–H groups in total. The Hall–Kier alpha value is -0.810. The van der Waals surface area contributed by atoms with E-state index in [4.69, 9.17) is 4.74 Å². The summed E-state index contributed by atoms with van der Waals surface area (Å²) in [7, 11) is 0. The topological polar surface area (TPSA) is 70.6 Å². The van der Waals surface area contributed by atoms with Crippen molar-refractivity contribution in [2.45, 2.75) is 44.9 Å². The van der Waals surface area contributed by atoms with Crippen LogP contribution in [0.2, 0.25) is 0 Å². The van der Waals surface area contributed by atoms with Gasteiger partial charge in [0.15, 0.2) is 0 Å². The smallest absolute Gasteiger partial charge is 0.408 e. The fourth-order valence-corrected chi connectivity index (χ4v) is 1.45. The molecule has 5 nitrogen and oxygen atoms in total. The van der Waals surface area contributed by atoms with Crippen molar-refractivity contribution < 1.29 is 14.6 Å². The van der Waals surface area contributed by atoms with E-state index in [1.54, 1.807) is 0 Å². The van der Waals surface area contributed by atoms with Crippen molar-refractivity contribution in [1.29, 1.82) is 0 Å². The molecule has 88 valence electrons. The van der Waals surface area contributed by atoms with Crippen LogP contribution in [0.25, 0.3) is 0 Å². The minimum atomic E-state index is -0.503. The van der Waals surface area contributed by atoms with Gasteiger partial charge in [0.1, 0.15) is 5.60 Å². The van der Waals surface area contributed by atoms with Crippen LogP contribution in [-0.2, 0) is 4.74 Å². The maximum atomic E-state index is 11.4. The van der Waals surface area contributed by atoms with Crippen molar-refractivity contribution in [1.82, 2.24) is 10.6 Å². The first kappa shape index (κ1) is 12.3. The number of piperidine rings is 1. The molecule has 0 aromatic heterocycles. The summed E-state index contributed by atoms with van der Waals surface area (Å²) in [5.74, 6) is 0. The summed E-state index contributed by atoms with van der Waals surface area (Å²) in [6.45, 7) is 6.79. The zero-order valence-corrected chi connectivity index (χ0v) is 9.54. The summed E-state index contributed by atoms with van der Waals surface area (Å²) in [5.41, 5.74) is -0.503. The molecule has 0 bridgehead atoms. The third kappa shape index (κ3) is 4.48. The molecule has 0 spiro atoms. The third-order valence-electron chi connectivity index (χ3n) is 2.15. The number of aliphatic hydroxyl groups excluding tert-OH is 1. The van der Waals surface area contributed by atoms with Crippen molar-refractivity contribution in [3.63, 3.8) is 0 Å². The largest absolute Gasteiger partial charge is 0.444 e. The Kier molecular flexibility index (Phi) is 3.93. The molecule has 1 saturated heterocycles. The van der Waals surface area contributed by atoms with Gasteiger partial charge in [0.2, 0.25) is 0 Å². The third-order valence-corrected chi connectivity index (χ3v) is 2.15. The molecule has 2 atom stereocenters. The number of nitrogens with one attached hydrogen (secondary N) is 2. The van der Waals surface area contributed by atoms with Crippen LogP contribution in [0.15, 0.2) is 0 Å². The number of hydrogen-bond donors (Lipinski definition) is 3. The molecule has 5 heteroatoms. The van der Waals surface area contributed by atoms with Crippen LogP contribution in [0.5, 0.6) is 0 Å². The van der Waals surface area contributed by atoms with Gasteiger partial charge in [-0.15, -0.1) is 0 Å². The normalized spacial score (nSPS) is 27.2. The van der Waals surface area contributed by atoms with E-state index in [0.29, 0.717) is 13.0 Å². The number of amides is 1. The molecule has 1 amide bonds. The molecule has 1 heterocycles. The monoisotopic (exact) mass is 216 g/mol. The Balaban J connectivity index is 2.36. The van der Waals surface area contributed by atoms with Gasteiger partial charge in [0.05, 0.1) is 12.1 Å². The number of aliphatic hydroxyl groups is 1. The van der Waals surface area contributed by atoms with Crippen LogP contribution in [-0.4, -0.2) is 42.0 Å². The van der Waals surface area contributed by atoms with E-state index in [-0.39, 0.29) is 6.04 Å². The highest BCUT2D eigenvalue weighted by Gasteiger charge is 2.26. The van der Waals surface area contributed by atoms with Crippen LogP contribution < -0.4 is 10.6 Å². The lowest BCUT2D eigenvalue weighted by molar-refractivity contribution is 0.0383. The molecule has 0 aliphatic carbocycles. The molecule has 1 fully saturated rings. The lowest BCUT2D eigenvalue weighted by Gasteiger charge is -2.30. The Morgan fingerprint density at radius 1 is 1.53 bits per heavy atom. The maximum Gasteiger partial charge on any atom is 0.408 e. The predicted octanol–water partition coefficient (Wildman–Crippen LogP) is 0.234. The molecule has 1 aliphatic rings. The molecular weight excluding hydrogens is 196 g/mol. The van der Waals surface area contributed by atoms with Crippen molar-refractivity contribution in [2.75, 3.05) is 13.1 Å². The van der Waals surface area contributed by atoms with Crippen LogP contribution in [0.1, 0.15) is 27.2 Å². The van der Waals surface area contributed by atoms with Crippen molar-refractivity contribution in [3.05, 3.63) is 0 Å². The number of carbonyl (C=O) groups excluding carboxylic acids is 1. The zero-order chi connectivity index (χ0) is 11.5. The van der Waals surface area contributed by atoms with Crippen molar-refractivity contribution in [3.8, 4) is 0 Å². The lowest BCUT2D eigenvalue weighted by atomic mass is 10.0. The Bertz CT molecular complexity index is 225. The first-order valence-corrected chi connectivity index (χ1v) is 5.27. The van der Waals surface area contributed by atoms with Gasteiger partial charge in [-0.25, -0.2) is 4.79 Å². The highest BCUT2D eigenvalue weighted by Crippen LogP contribution is 2.08. The Morgan fingerprint density at radius 3 is 2.73 bits per heavy atom. The molecule has 0 saturated carbocycles. The fraction of sp³-hybridized carbons (Fsp3) is 0.900. The first-order valence-electron chi connectivity index (χ1n) is 5.27. The minimum absolute atomic E-state index is 0.256. The molecular formula is C10H20N2O3. The molecule has 15 heavy (non-hydrogen) atoms. The van der Waals surface area contributed by atoms with Gasteiger partial charge in [-0.3, -0.25) is 0 Å². The number of carbonyl (C=O) groups is 1. The standard InChI is InChI=1S/C10H20N2O3/c1-10(2,3)15-9(14)12-7-6-11-5-4-8(7)13/h7-8,11,13H,4-6H2,1-3H3,(H,12,14)/t7-,8-/m1/s1. The van der Waals surface area contributed by atoms with Crippen molar-refractivity contribution in [2.24, 2.45) is 0 Å². The van der Waals surface area contributed by atoms with Gasteiger partial charge in [0.25, 0.3) is 0 Å². The van der Waals surface area contributed by atoms with E-state index in [1.807, 2.05) is 20.8 Å². The molecule has 0 unspecified atom stereocenters. The van der Waals surface area contributed by atoms with E-state index in [0.717, 1.165) is 6.54 Å². The molecule has 0 radical (unpaired) electrons. The van der Waals surface area contributed by atoms with Crippen LogP contribution in [0.3, 0.4) is 0 Å². The molecule has 1 rings (SSSR count). The summed E-state index contributed by atoms with van der Waals surface area (Å²) < 4.78 is 5.10. The van der Waals surface area contributed by atoms with E-state index < -0.39 is 17.8 Å². The average Bonchev–Trinajstić information content (AvgIpc) is 2.05. The fourth-order valence-electron chi connectivity index (χ4n) is 1.45. The Morgan fingerprint density at radius 2 is 2.20 bits per heavy atom. The van der Waals surface area contributed by atoms with Crippen molar-refractivity contribution >= 4 is 6.09 Å².